The molecule has 5 heteroatoms. The summed E-state index contributed by atoms with van der Waals surface area (Å²) in [6.07, 6.45) is 3.29. The zero-order valence-electron chi connectivity index (χ0n) is 12.3. The van der Waals surface area contributed by atoms with Crippen molar-refractivity contribution in [1.29, 1.82) is 0 Å². The van der Waals surface area contributed by atoms with Crippen molar-refractivity contribution in [2.45, 2.75) is 44.5 Å². The van der Waals surface area contributed by atoms with Crippen LogP contribution in [0.15, 0.2) is 12.3 Å². The normalized spacial score (nSPS) is 15.5. The fourth-order valence-electron chi connectivity index (χ4n) is 2.22. The van der Waals surface area contributed by atoms with Gasteiger partial charge in [0.25, 0.3) is 0 Å². The molecule has 0 spiro atoms. The molecule has 110 valence electrons. The van der Waals surface area contributed by atoms with Crippen molar-refractivity contribution in [1.82, 2.24) is 9.88 Å². The van der Waals surface area contributed by atoms with Gasteiger partial charge in [-0.3, -0.25) is 4.98 Å². The molecule has 0 N–H and O–H groups in total. The van der Waals surface area contributed by atoms with E-state index in [1.54, 1.807) is 4.90 Å². The lowest BCUT2D eigenvalue weighted by molar-refractivity contribution is 0.0258. The predicted molar refractivity (Wildman–Crippen MR) is 82.1 cm³/mol. The molecule has 0 aromatic carbocycles. The number of aromatic nitrogens is 1. The van der Waals surface area contributed by atoms with Crippen LogP contribution in [0, 0.1) is 0 Å². The molecule has 20 heavy (non-hydrogen) atoms. The van der Waals surface area contributed by atoms with Crippen LogP contribution in [0.2, 0.25) is 0 Å². The average Bonchev–Trinajstić information content (AvgIpc) is 2.58. The van der Waals surface area contributed by atoms with E-state index in [1.165, 1.54) is 11.1 Å². The Bertz CT molecular complexity index is 497. The lowest BCUT2D eigenvalue weighted by atomic mass is 10.1. The van der Waals surface area contributed by atoms with Crippen LogP contribution in [-0.2, 0) is 22.9 Å². The molecule has 0 fully saturated rings. The lowest BCUT2D eigenvalue weighted by Gasteiger charge is -2.26. The molecule has 0 unspecified atom stereocenters. The first kappa shape index (κ1) is 15.3. The van der Waals surface area contributed by atoms with E-state index < -0.39 is 5.60 Å². The summed E-state index contributed by atoms with van der Waals surface area (Å²) in [6, 6.07) is 2.18. The molecular formula is C15H21BrN2O2. The molecule has 0 saturated carbocycles. The SMILES string of the molecule is CC(C)(C)OC(=O)N1CCc2cc(CBr)cnc2CC1. The van der Waals surface area contributed by atoms with Crippen molar-refractivity contribution in [2.75, 3.05) is 13.1 Å². The van der Waals surface area contributed by atoms with Gasteiger partial charge in [0.1, 0.15) is 5.60 Å². The zero-order valence-corrected chi connectivity index (χ0v) is 13.9. The number of carbonyl (C=O) groups excluding carboxylic acids is 1. The van der Waals surface area contributed by atoms with Gasteiger partial charge in [0.2, 0.25) is 0 Å². The van der Waals surface area contributed by atoms with E-state index >= 15 is 0 Å². The summed E-state index contributed by atoms with van der Waals surface area (Å²) in [5.41, 5.74) is 3.07. The third kappa shape index (κ3) is 3.95. The summed E-state index contributed by atoms with van der Waals surface area (Å²) in [6.45, 7) is 7.03. The lowest BCUT2D eigenvalue weighted by Crippen LogP contribution is -2.38. The smallest absolute Gasteiger partial charge is 0.410 e. The maximum absolute atomic E-state index is 12.1. The maximum Gasteiger partial charge on any atom is 0.410 e. The summed E-state index contributed by atoms with van der Waals surface area (Å²) >= 11 is 3.45. The molecule has 0 saturated heterocycles. The van der Waals surface area contributed by atoms with Gasteiger partial charge in [-0.15, -0.1) is 0 Å². The number of carbonyl (C=O) groups is 1. The van der Waals surface area contributed by atoms with Gasteiger partial charge in [-0.2, -0.15) is 0 Å². The minimum Gasteiger partial charge on any atom is -0.444 e. The molecule has 1 aliphatic rings. The number of ether oxygens (including phenoxy) is 1. The Morgan fingerprint density at radius 1 is 1.40 bits per heavy atom. The Balaban J connectivity index is 2.06. The van der Waals surface area contributed by atoms with Gasteiger partial charge in [-0.1, -0.05) is 22.0 Å². The topological polar surface area (TPSA) is 42.4 Å². The Morgan fingerprint density at radius 3 is 2.75 bits per heavy atom. The second-order valence-corrected chi connectivity index (χ2v) is 6.61. The third-order valence-electron chi connectivity index (χ3n) is 3.19. The van der Waals surface area contributed by atoms with Crippen LogP contribution in [0.4, 0.5) is 4.79 Å². The van der Waals surface area contributed by atoms with Crippen LogP contribution in [0.5, 0.6) is 0 Å². The quantitative estimate of drug-likeness (QED) is 0.736. The molecule has 0 aliphatic carbocycles. The van der Waals surface area contributed by atoms with Crippen molar-refractivity contribution in [2.24, 2.45) is 0 Å². The van der Waals surface area contributed by atoms with E-state index in [0.29, 0.717) is 13.1 Å². The number of pyridine rings is 1. The van der Waals surface area contributed by atoms with Gasteiger partial charge < -0.3 is 9.64 Å². The van der Waals surface area contributed by atoms with Crippen molar-refractivity contribution in [3.8, 4) is 0 Å². The standard InChI is InChI=1S/C15H21BrN2O2/c1-15(2,3)20-14(19)18-6-4-12-8-11(9-16)10-17-13(12)5-7-18/h8,10H,4-7,9H2,1-3H3. The van der Waals surface area contributed by atoms with Gasteiger partial charge in [0, 0.05) is 36.7 Å². The van der Waals surface area contributed by atoms with Crippen molar-refractivity contribution < 1.29 is 9.53 Å². The fourth-order valence-corrected chi connectivity index (χ4v) is 2.53. The average molecular weight is 341 g/mol. The van der Waals surface area contributed by atoms with Gasteiger partial charge in [-0.05, 0) is 38.3 Å². The zero-order chi connectivity index (χ0) is 14.8. The van der Waals surface area contributed by atoms with E-state index in [1.807, 2.05) is 27.0 Å². The van der Waals surface area contributed by atoms with Gasteiger partial charge in [0.15, 0.2) is 0 Å². The number of fused-ring (bicyclic) bond motifs is 1. The molecule has 1 aromatic rings. The summed E-state index contributed by atoms with van der Waals surface area (Å²) < 4.78 is 5.44. The number of nitrogens with zero attached hydrogens (tertiary/aromatic N) is 2. The van der Waals surface area contributed by atoms with Gasteiger partial charge in [-0.25, -0.2) is 4.79 Å². The van der Waals surface area contributed by atoms with Crippen LogP contribution in [0.3, 0.4) is 0 Å². The molecule has 0 radical (unpaired) electrons. The highest BCUT2D eigenvalue weighted by atomic mass is 79.9. The van der Waals surface area contributed by atoms with Crippen molar-refractivity contribution in [3.05, 3.63) is 29.1 Å². The Labute approximate surface area is 128 Å². The second-order valence-electron chi connectivity index (χ2n) is 6.05. The van der Waals surface area contributed by atoms with Gasteiger partial charge >= 0.3 is 6.09 Å². The molecule has 2 heterocycles. The predicted octanol–water partition coefficient (Wildman–Crippen LogP) is 3.31. The van der Waals surface area contributed by atoms with E-state index in [2.05, 4.69) is 27.0 Å². The highest BCUT2D eigenvalue weighted by molar-refractivity contribution is 9.08. The van der Waals surface area contributed by atoms with Crippen LogP contribution in [0.25, 0.3) is 0 Å². The van der Waals surface area contributed by atoms with Crippen molar-refractivity contribution in [3.63, 3.8) is 0 Å². The Morgan fingerprint density at radius 2 is 2.10 bits per heavy atom. The largest absolute Gasteiger partial charge is 0.444 e. The molecule has 1 aliphatic heterocycles. The Hall–Kier alpha value is -1.10. The van der Waals surface area contributed by atoms with E-state index in [0.717, 1.165) is 23.9 Å². The first-order valence-corrected chi connectivity index (χ1v) is 8.02. The number of hydrogen-bond donors (Lipinski definition) is 0. The summed E-state index contributed by atoms with van der Waals surface area (Å²) in [4.78, 5) is 18.4. The highest BCUT2D eigenvalue weighted by Crippen LogP contribution is 2.18. The first-order chi connectivity index (χ1) is 9.39. The van der Waals surface area contributed by atoms with E-state index in [-0.39, 0.29) is 6.09 Å². The third-order valence-corrected chi connectivity index (χ3v) is 3.84. The first-order valence-electron chi connectivity index (χ1n) is 6.89. The molecule has 0 atom stereocenters. The monoisotopic (exact) mass is 340 g/mol. The van der Waals surface area contributed by atoms with Gasteiger partial charge in [0.05, 0.1) is 0 Å². The minimum absolute atomic E-state index is 0.231. The molecule has 1 amide bonds. The summed E-state index contributed by atoms with van der Waals surface area (Å²) in [7, 11) is 0. The van der Waals surface area contributed by atoms with Crippen LogP contribution >= 0.6 is 15.9 Å². The van der Waals surface area contributed by atoms with Crippen LogP contribution in [0.1, 0.15) is 37.6 Å². The number of halogens is 1. The maximum atomic E-state index is 12.1. The molecule has 2 rings (SSSR count). The number of alkyl halides is 1. The number of rotatable bonds is 1. The Kier molecular flexibility index (Phi) is 4.68. The molecule has 1 aromatic heterocycles. The highest BCUT2D eigenvalue weighted by Gasteiger charge is 2.24. The van der Waals surface area contributed by atoms with Crippen molar-refractivity contribution >= 4 is 22.0 Å². The number of amides is 1. The van der Waals surface area contributed by atoms with Crippen LogP contribution < -0.4 is 0 Å². The molecular weight excluding hydrogens is 320 g/mol. The molecule has 4 nitrogen and oxygen atoms in total. The van der Waals surface area contributed by atoms with E-state index in [9.17, 15) is 4.79 Å². The fraction of sp³-hybridized carbons (Fsp3) is 0.600. The second kappa shape index (κ2) is 6.12. The minimum atomic E-state index is -0.447. The molecule has 0 bridgehead atoms. The number of hydrogen-bond acceptors (Lipinski definition) is 3. The van der Waals surface area contributed by atoms with E-state index in [4.69, 9.17) is 4.74 Å². The van der Waals surface area contributed by atoms with Crippen LogP contribution in [-0.4, -0.2) is 34.7 Å². The summed E-state index contributed by atoms with van der Waals surface area (Å²) in [5, 5.41) is 0.809. The summed E-state index contributed by atoms with van der Waals surface area (Å²) in [5.74, 6) is 0.